The number of benzene rings is 2. The van der Waals surface area contributed by atoms with Crippen LogP contribution in [-0.4, -0.2) is 21.6 Å². The molecule has 0 radical (unpaired) electrons. The Bertz CT molecular complexity index is 933. The van der Waals surface area contributed by atoms with Crippen LogP contribution in [0.2, 0.25) is 5.02 Å². The van der Waals surface area contributed by atoms with Gasteiger partial charge in [0.05, 0.1) is 12.2 Å². The molecule has 3 aromatic rings. The lowest BCUT2D eigenvalue weighted by Crippen LogP contribution is -2.07. The summed E-state index contributed by atoms with van der Waals surface area (Å²) in [6.45, 7) is 2.10. The predicted molar refractivity (Wildman–Crippen MR) is 96.2 cm³/mol. The molecule has 0 bridgehead atoms. The Morgan fingerprint density at radius 1 is 1.04 bits per heavy atom. The van der Waals surface area contributed by atoms with Gasteiger partial charge in [-0.3, -0.25) is 0 Å². The summed E-state index contributed by atoms with van der Waals surface area (Å²) in [6, 6.07) is 11.6. The number of ether oxygens (including phenoxy) is 1. The Balaban J connectivity index is 1.96. The number of alkyl halides is 3. The predicted octanol–water partition coefficient (Wildman–Crippen LogP) is 5.35. The van der Waals surface area contributed by atoms with Gasteiger partial charge in [0.2, 0.25) is 5.95 Å². The summed E-state index contributed by atoms with van der Waals surface area (Å²) in [5, 5.41) is 3.32. The van der Waals surface area contributed by atoms with Crippen molar-refractivity contribution in [3.63, 3.8) is 0 Å². The fraction of sp³-hybridized carbons (Fsp3) is 0.167. The molecule has 0 aliphatic heterocycles. The van der Waals surface area contributed by atoms with E-state index in [0.29, 0.717) is 23.0 Å². The van der Waals surface area contributed by atoms with E-state index in [1.807, 2.05) is 0 Å². The van der Waals surface area contributed by atoms with Gasteiger partial charge >= 0.3 is 12.2 Å². The standard InChI is InChI=1S/C18H14ClF3N4O/c1-2-27-17-25-15(11-6-8-13(19)9-7-11)24-16(26-17)23-14-5-3-4-12(10-14)18(20,21)22/h3-10H,2H2,1H3,(H,23,24,25,26). The first kappa shape index (κ1) is 18.9. The Labute approximate surface area is 158 Å². The molecule has 0 aliphatic carbocycles. The van der Waals surface area contributed by atoms with E-state index >= 15 is 0 Å². The number of nitrogens with zero attached hydrogens (tertiary/aromatic N) is 3. The third-order valence-corrected chi connectivity index (χ3v) is 3.69. The molecule has 0 saturated carbocycles. The number of nitrogens with one attached hydrogen (secondary N) is 1. The van der Waals surface area contributed by atoms with Crippen LogP contribution in [0.1, 0.15) is 12.5 Å². The number of rotatable bonds is 5. The van der Waals surface area contributed by atoms with Gasteiger partial charge in [-0.15, -0.1) is 0 Å². The van der Waals surface area contributed by atoms with E-state index in [-0.39, 0.29) is 17.6 Å². The second kappa shape index (κ2) is 7.79. The van der Waals surface area contributed by atoms with Gasteiger partial charge in [-0.25, -0.2) is 0 Å². The second-order valence-corrected chi connectivity index (χ2v) is 5.85. The molecule has 1 heterocycles. The van der Waals surface area contributed by atoms with Gasteiger partial charge in [0, 0.05) is 16.3 Å². The minimum Gasteiger partial charge on any atom is -0.464 e. The quantitative estimate of drug-likeness (QED) is 0.631. The number of aromatic nitrogens is 3. The highest BCUT2D eigenvalue weighted by atomic mass is 35.5. The largest absolute Gasteiger partial charge is 0.464 e. The number of hydrogen-bond donors (Lipinski definition) is 1. The summed E-state index contributed by atoms with van der Waals surface area (Å²) in [6.07, 6.45) is -4.44. The van der Waals surface area contributed by atoms with Gasteiger partial charge in [0.25, 0.3) is 0 Å². The number of anilines is 2. The van der Waals surface area contributed by atoms with Crippen molar-refractivity contribution in [3.8, 4) is 17.4 Å². The van der Waals surface area contributed by atoms with Crippen LogP contribution in [0.4, 0.5) is 24.8 Å². The molecule has 1 N–H and O–H groups in total. The van der Waals surface area contributed by atoms with Crippen molar-refractivity contribution < 1.29 is 17.9 Å². The van der Waals surface area contributed by atoms with E-state index < -0.39 is 11.7 Å². The number of halogens is 4. The molecule has 0 amide bonds. The zero-order chi connectivity index (χ0) is 19.4. The molecule has 140 valence electrons. The first-order chi connectivity index (χ1) is 12.8. The third kappa shape index (κ3) is 4.85. The topological polar surface area (TPSA) is 59.9 Å². The van der Waals surface area contributed by atoms with Crippen molar-refractivity contribution in [1.29, 1.82) is 0 Å². The molecule has 0 aliphatic rings. The fourth-order valence-corrected chi connectivity index (χ4v) is 2.36. The van der Waals surface area contributed by atoms with Gasteiger partial charge in [-0.05, 0) is 49.4 Å². The molecule has 0 atom stereocenters. The van der Waals surface area contributed by atoms with Crippen molar-refractivity contribution in [3.05, 3.63) is 59.1 Å². The van der Waals surface area contributed by atoms with Crippen LogP contribution in [0.15, 0.2) is 48.5 Å². The molecular formula is C18H14ClF3N4O. The van der Waals surface area contributed by atoms with E-state index in [2.05, 4.69) is 20.3 Å². The number of hydrogen-bond acceptors (Lipinski definition) is 5. The van der Waals surface area contributed by atoms with Crippen LogP contribution in [0.25, 0.3) is 11.4 Å². The first-order valence-corrected chi connectivity index (χ1v) is 8.32. The van der Waals surface area contributed by atoms with Gasteiger partial charge in [0.15, 0.2) is 5.82 Å². The maximum atomic E-state index is 12.9. The molecule has 3 rings (SSSR count). The lowest BCUT2D eigenvalue weighted by Gasteiger charge is -2.11. The Morgan fingerprint density at radius 2 is 1.78 bits per heavy atom. The third-order valence-electron chi connectivity index (χ3n) is 3.44. The lowest BCUT2D eigenvalue weighted by molar-refractivity contribution is -0.137. The van der Waals surface area contributed by atoms with E-state index in [1.54, 1.807) is 31.2 Å². The Morgan fingerprint density at radius 3 is 2.44 bits per heavy atom. The summed E-state index contributed by atoms with van der Waals surface area (Å²) in [5.74, 6) is 0.373. The highest BCUT2D eigenvalue weighted by molar-refractivity contribution is 6.30. The molecule has 9 heteroatoms. The van der Waals surface area contributed by atoms with Crippen LogP contribution in [0.3, 0.4) is 0 Å². The van der Waals surface area contributed by atoms with E-state index in [0.717, 1.165) is 12.1 Å². The van der Waals surface area contributed by atoms with Crippen LogP contribution in [0.5, 0.6) is 6.01 Å². The minimum atomic E-state index is -4.44. The highest BCUT2D eigenvalue weighted by Gasteiger charge is 2.30. The van der Waals surface area contributed by atoms with E-state index in [1.165, 1.54) is 12.1 Å². The summed E-state index contributed by atoms with van der Waals surface area (Å²) < 4.78 is 44.0. The molecule has 0 fully saturated rings. The summed E-state index contributed by atoms with van der Waals surface area (Å²) in [7, 11) is 0. The van der Waals surface area contributed by atoms with Crippen LogP contribution >= 0.6 is 11.6 Å². The zero-order valence-corrected chi connectivity index (χ0v) is 14.8. The van der Waals surface area contributed by atoms with Crippen molar-refractivity contribution in [2.24, 2.45) is 0 Å². The Hall–Kier alpha value is -2.87. The molecule has 27 heavy (non-hydrogen) atoms. The van der Waals surface area contributed by atoms with Crippen molar-refractivity contribution in [2.45, 2.75) is 13.1 Å². The fourth-order valence-electron chi connectivity index (χ4n) is 2.24. The van der Waals surface area contributed by atoms with Gasteiger partial charge in [0.1, 0.15) is 0 Å². The van der Waals surface area contributed by atoms with Crippen molar-refractivity contribution >= 4 is 23.2 Å². The second-order valence-electron chi connectivity index (χ2n) is 5.41. The van der Waals surface area contributed by atoms with Gasteiger partial charge < -0.3 is 10.1 Å². The van der Waals surface area contributed by atoms with Crippen molar-refractivity contribution in [2.75, 3.05) is 11.9 Å². The summed E-state index contributed by atoms with van der Waals surface area (Å²) in [4.78, 5) is 12.6. The summed E-state index contributed by atoms with van der Waals surface area (Å²) in [5.41, 5.74) is 0.0832. The molecule has 1 aromatic heterocycles. The average molecular weight is 395 g/mol. The van der Waals surface area contributed by atoms with Gasteiger partial charge in [-0.2, -0.15) is 28.1 Å². The summed E-state index contributed by atoms with van der Waals surface area (Å²) >= 11 is 5.89. The van der Waals surface area contributed by atoms with Crippen LogP contribution in [-0.2, 0) is 6.18 Å². The maximum absolute atomic E-state index is 12.9. The SMILES string of the molecule is CCOc1nc(Nc2cccc(C(F)(F)F)c2)nc(-c2ccc(Cl)cc2)n1. The van der Waals surface area contributed by atoms with Crippen LogP contribution in [0, 0.1) is 0 Å². The maximum Gasteiger partial charge on any atom is 0.416 e. The first-order valence-electron chi connectivity index (χ1n) is 7.94. The molecule has 2 aromatic carbocycles. The highest BCUT2D eigenvalue weighted by Crippen LogP contribution is 2.31. The van der Waals surface area contributed by atoms with E-state index in [4.69, 9.17) is 16.3 Å². The Kier molecular flexibility index (Phi) is 5.46. The molecule has 0 saturated heterocycles. The smallest absolute Gasteiger partial charge is 0.416 e. The average Bonchev–Trinajstić information content (AvgIpc) is 2.62. The van der Waals surface area contributed by atoms with Gasteiger partial charge in [-0.1, -0.05) is 17.7 Å². The van der Waals surface area contributed by atoms with Crippen LogP contribution < -0.4 is 10.1 Å². The van der Waals surface area contributed by atoms with Crippen molar-refractivity contribution in [1.82, 2.24) is 15.0 Å². The normalized spacial score (nSPS) is 11.3. The van der Waals surface area contributed by atoms with E-state index in [9.17, 15) is 13.2 Å². The monoisotopic (exact) mass is 394 g/mol. The molecule has 5 nitrogen and oxygen atoms in total. The molecular weight excluding hydrogens is 381 g/mol. The zero-order valence-electron chi connectivity index (χ0n) is 14.1. The minimum absolute atomic E-state index is 0.0620. The molecule has 0 spiro atoms. The molecule has 0 unspecified atom stereocenters. The lowest BCUT2D eigenvalue weighted by atomic mass is 10.2.